The van der Waals surface area contributed by atoms with Crippen molar-refractivity contribution in [1.82, 2.24) is 0 Å². The van der Waals surface area contributed by atoms with E-state index < -0.39 is 6.36 Å². The van der Waals surface area contributed by atoms with Gasteiger partial charge in [-0.3, -0.25) is 4.79 Å². The third-order valence-corrected chi connectivity index (χ3v) is 3.36. The van der Waals surface area contributed by atoms with E-state index in [4.69, 9.17) is 5.73 Å². The molecule has 1 fully saturated rings. The number of rotatable bonds is 5. The monoisotopic (exact) mass is 273 g/mol. The molecule has 0 spiro atoms. The van der Waals surface area contributed by atoms with Gasteiger partial charge >= 0.3 is 6.36 Å². The molecule has 6 heteroatoms. The lowest BCUT2D eigenvalue weighted by Crippen LogP contribution is -2.26. The summed E-state index contributed by atoms with van der Waals surface area (Å²) < 4.78 is 39.7. The van der Waals surface area contributed by atoms with Crippen molar-refractivity contribution in [2.45, 2.75) is 25.6 Å². The highest BCUT2D eigenvalue weighted by atomic mass is 19.4. The predicted octanol–water partition coefficient (Wildman–Crippen LogP) is 2.44. The van der Waals surface area contributed by atoms with E-state index in [-0.39, 0.29) is 23.4 Å². The van der Waals surface area contributed by atoms with Gasteiger partial charge in [-0.1, -0.05) is 12.1 Å². The van der Waals surface area contributed by atoms with E-state index in [1.807, 2.05) is 0 Å². The molecule has 0 amide bonds. The van der Waals surface area contributed by atoms with Gasteiger partial charge in [0.1, 0.15) is 11.5 Å². The Kier molecular flexibility index (Phi) is 3.54. The zero-order valence-electron chi connectivity index (χ0n) is 10.2. The first kappa shape index (κ1) is 13.9. The molecule has 0 saturated heterocycles. The van der Waals surface area contributed by atoms with Crippen molar-refractivity contribution in [3.8, 4) is 5.75 Å². The van der Waals surface area contributed by atoms with Gasteiger partial charge in [0.2, 0.25) is 0 Å². The van der Waals surface area contributed by atoms with Crippen molar-refractivity contribution >= 4 is 5.78 Å². The van der Waals surface area contributed by atoms with Crippen LogP contribution in [0.1, 0.15) is 18.4 Å². The number of carbonyl (C=O) groups is 1. The fourth-order valence-electron chi connectivity index (χ4n) is 1.93. The summed E-state index contributed by atoms with van der Waals surface area (Å²) in [5.41, 5.74) is 5.83. The van der Waals surface area contributed by atoms with E-state index >= 15 is 0 Å². The number of hydrogen-bond acceptors (Lipinski definition) is 3. The molecule has 1 aliphatic carbocycles. The Balaban J connectivity index is 1.97. The highest BCUT2D eigenvalue weighted by Crippen LogP contribution is 2.46. The third kappa shape index (κ3) is 3.47. The summed E-state index contributed by atoms with van der Waals surface area (Å²) in [6, 6.07) is 5.34. The second-order valence-corrected chi connectivity index (χ2v) is 4.78. The maximum Gasteiger partial charge on any atom is 0.573 e. The highest BCUT2D eigenvalue weighted by Gasteiger charge is 2.47. The minimum atomic E-state index is -4.70. The van der Waals surface area contributed by atoms with Gasteiger partial charge in [-0.15, -0.1) is 13.2 Å². The summed E-state index contributed by atoms with van der Waals surface area (Å²) in [4.78, 5) is 12.0. The summed E-state index contributed by atoms with van der Waals surface area (Å²) in [6.07, 6.45) is -2.90. The number of hydrogen-bond donors (Lipinski definition) is 1. The molecular weight excluding hydrogens is 259 g/mol. The summed E-state index contributed by atoms with van der Waals surface area (Å²) >= 11 is 0. The van der Waals surface area contributed by atoms with Crippen molar-refractivity contribution in [3.05, 3.63) is 29.8 Å². The Morgan fingerprint density at radius 1 is 1.26 bits per heavy atom. The minimum absolute atomic E-state index is 0.0551. The van der Waals surface area contributed by atoms with Crippen LogP contribution < -0.4 is 10.5 Å². The van der Waals surface area contributed by atoms with Gasteiger partial charge in [-0.05, 0) is 30.5 Å². The van der Waals surface area contributed by atoms with Crippen LogP contribution in [0.4, 0.5) is 13.2 Å². The molecule has 0 aliphatic heterocycles. The van der Waals surface area contributed by atoms with E-state index in [2.05, 4.69) is 4.74 Å². The molecule has 0 atom stereocenters. The first-order valence-electron chi connectivity index (χ1n) is 5.93. The van der Waals surface area contributed by atoms with Crippen LogP contribution in [0.25, 0.3) is 0 Å². The number of halogens is 3. The van der Waals surface area contributed by atoms with Crippen molar-refractivity contribution < 1.29 is 22.7 Å². The van der Waals surface area contributed by atoms with Crippen LogP contribution in [-0.4, -0.2) is 18.7 Å². The maximum absolute atomic E-state index is 12.0. The number of Topliss-reactive ketones (excluding diaryl/α,β-unsaturated/α-hetero) is 1. The Morgan fingerprint density at radius 2 is 1.84 bits per heavy atom. The van der Waals surface area contributed by atoms with Crippen LogP contribution in [0, 0.1) is 5.41 Å². The maximum atomic E-state index is 12.0. The van der Waals surface area contributed by atoms with Gasteiger partial charge < -0.3 is 10.5 Å². The minimum Gasteiger partial charge on any atom is -0.406 e. The molecule has 19 heavy (non-hydrogen) atoms. The average Bonchev–Trinajstić information content (AvgIpc) is 3.10. The van der Waals surface area contributed by atoms with Crippen LogP contribution >= 0.6 is 0 Å². The quantitative estimate of drug-likeness (QED) is 0.896. The van der Waals surface area contributed by atoms with Gasteiger partial charge in [0.25, 0.3) is 0 Å². The second-order valence-electron chi connectivity index (χ2n) is 4.78. The molecule has 1 aromatic carbocycles. The number of ether oxygens (including phenoxy) is 1. The summed E-state index contributed by atoms with van der Waals surface area (Å²) in [5.74, 6) is -0.233. The standard InChI is InChI=1S/C13H14F3NO2/c14-13(15,16)19-10-3-1-9(2-4-10)7-11(18)12(8-17)5-6-12/h1-4H,5-8,17H2. The summed E-state index contributed by atoms with van der Waals surface area (Å²) in [7, 11) is 0. The van der Waals surface area contributed by atoms with E-state index in [0.29, 0.717) is 12.1 Å². The zero-order valence-corrected chi connectivity index (χ0v) is 10.2. The molecule has 2 N–H and O–H groups in total. The number of alkyl halides is 3. The predicted molar refractivity (Wildman–Crippen MR) is 62.6 cm³/mol. The van der Waals surface area contributed by atoms with Crippen molar-refractivity contribution in [1.29, 1.82) is 0 Å². The summed E-state index contributed by atoms with van der Waals surface area (Å²) in [5, 5.41) is 0. The first-order chi connectivity index (χ1) is 8.85. The number of carbonyl (C=O) groups excluding carboxylic acids is 1. The SMILES string of the molecule is NCC1(C(=O)Cc2ccc(OC(F)(F)F)cc2)CC1. The lowest BCUT2D eigenvalue weighted by atomic mass is 9.95. The topological polar surface area (TPSA) is 52.3 Å². The largest absolute Gasteiger partial charge is 0.573 e. The van der Waals surface area contributed by atoms with Gasteiger partial charge in [-0.25, -0.2) is 0 Å². The van der Waals surface area contributed by atoms with E-state index in [0.717, 1.165) is 12.8 Å². The van der Waals surface area contributed by atoms with Crippen LogP contribution in [0.3, 0.4) is 0 Å². The lowest BCUT2D eigenvalue weighted by Gasteiger charge is -2.12. The van der Waals surface area contributed by atoms with Crippen LogP contribution in [0.2, 0.25) is 0 Å². The number of nitrogens with two attached hydrogens (primary N) is 1. The molecule has 1 aliphatic rings. The van der Waals surface area contributed by atoms with Crippen LogP contribution in [0.15, 0.2) is 24.3 Å². The van der Waals surface area contributed by atoms with Crippen molar-refractivity contribution in [2.24, 2.45) is 11.1 Å². The Hall–Kier alpha value is -1.56. The molecular formula is C13H14F3NO2. The molecule has 1 saturated carbocycles. The molecule has 2 rings (SSSR count). The normalized spacial score (nSPS) is 17.1. The molecule has 0 radical (unpaired) electrons. The smallest absolute Gasteiger partial charge is 0.406 e. The van der Waals surface area contributed by atoms with Crippen LogP contribution in [0.5, 0.6) is 5.75 Å². The van der Waals surface area contributed by atoms with Gasteiger partial charge in [0.15, 0.2) is 0 Å². The van der Waals surface area contributed by atoms with Crippen molar-refractivity contribution in [2.75, 3.05) is 6.54 Å². The number of benzene rings is 1. The fraction of sp³-hybridized carbons (Fsp3) is 0.462. The average molecular weight is 273 g/mol. The van der Waals surface area contributed by atoms with Crippen LogP contribution in [-0.2, 0) is 11.2 Å². The molecule has 0 heterocycles. The Labute approximate surface area is 108 Å². The lowest BCUT2D eigenvalue weighted by molar-refractivity contribution is -0.274. The Morgan fingerprint density at radius 3 is 2.26 bits per heavy atom. The molecule has 3 nitrogen and oxygen atoms in total. The highest BCUT2D eigenvalue weighted by molar-refractivity contribution is 5.89. The Bertz CT molecular complexity index is 464. The molecule has 0 aromatic heterocycles. The van der Waals surface area contributed by atoms with E-state index in [1.165, 1.54) is 24.3 Å². The molecule has 1 aromatic rings. The fourth-order valence-corrected chi connectivity index (χ4v) is 1.93. The second kappa shape index (κ2) is 4.85. The first-order valence-corrected chi connectivity index (χ1v) is 5.93. The van der Waals surface area contributed by atoms with Gasteiger partial charge in [-0.2, -0.15) is 0 Å². The summed E-state index contributed by atoms with van der Waals surface area (Å²) in [6.45, 7) is 0.334. The van der Waals surface area contributed by atoms with E-state index in [9.17, 15) is 18.0 Å². The number of ketones is 1. The third-order valence-electron chi connectivity index (χ3n) is 3.36. The van der Waals surface area contributed by atoms with Gasteiger partial charge in [0, 0.05) is 18.4 Å². The molecule has 0 unspecified atom stereocenters. The van der Waals surface area contributed by atoms with Gasteiger partial charge in [0.05, 0.1) is 0 Å². The zero-order chi connectivity index (χ0) is 14.1. The molecule has 0 bridgehead atoms. The molecule has 104 valence electrons. The van der Waals surface area contributed by atoms with E-state index in [1.54, 1.807) is 0 Å². The van der Waals surface area contributed by atoms with Crippen molar-refractivity contribution in [3.63, 3.8) is 0 Å².